The number of rotatable bonds is 4. The predicted octanol–water partition coefficient (Wildman–Crippen LogP) is 2.86. The summed E-state index contributed by atoms with van der Waals surface area (Å²) in [5, 5.41) is 4.03. The van der Waals surface area contributed by atoms with Crippen molar-refractivity contribution in [3.05, 3.63) is 35.8 Å². The number of hydrogen-bond donors (Lipinski definition) is 2. The van der Waals surface area contributed by atoms with Crippen LogP contribution in [0.1, 0.15) is 31.7 Å². The van der Waals surface area contributed by atoms with Crippen LogP contribution in [0.15, 0.2) is 24.4 Å². The Kier molecular flexibility index (Phi) is 2.81. The summed E-state index contributed by atoms with van der Waals surface area (Å²) in [5.41, 5.74) is 2.06. The fraction of sp³-hybridized carbons (Fsp3) is 0.400. The van der Waals surface area contributed by atoms with Gasteiger partial charge < -0.3 is 10.3 Å². The highest BCUT2D eigenvalue weighted by Gasteiger charge is 2.45. The zero-order valence-corrected chi connectivity index (χ0v) is 10.9. The third-order valence-electron chi connectivity index (χ3n) is 4.01. The molecule has 0 saturated heterocycles. The third-order valence-corrected chi connectivity index (χ3v) is 4.01. The van der Waals surface area contributed by atoms with Crippen molar-refractivity contribution >= 4 is 16.8 Å². The van der Waals surface area contributed by atoms with Crippen LogP contribution in [0, 0.1) is 5.82 Å². The molecule has 3 rings (SSSR count). The fourth-order valence-corrected chi connectivity index (χ4v) is 2.62. The highest BCUT2D eigenvalue weighted by Crippen LogP contribution is 2.49. The number of aromatic amines is 1. The molecule has 1 aromatic heterocycles. The van der Waals surface area contributed by atoms with Crippen molar-refractivity contribution in [1.82, 2.24) is 10.3 Å². The second-order valence-corrected chi connectivity index (χ2v) is 5.30. The lowest BCUT2D eigenvalue weighted by molar-refractivity contribution is -0.120. The Morgan fingerprint density at radius 2 is 2.26 bits per heavy atom. The smallest absolute Gasteiger partial charge is 0.219 e. The molecular formula is C15H17FN2O. The Balaban J connectivity index is 1.89. The molecule has 2 aromatic rings. The van der Waals surface area contributed by atoms with E-state index in [-0.39, 0.29) is 17.1 Å². The topological polar surface area (TPSA) is 44.9 Å². The van der Waals surface area contributed by atoms with Gasteiger partial charge in [0.2, 0.25) is 5.91 Å². The van der Waals surface area contributed by atoms with Crippen LogP contribution in [0.4, 0.5) is 4.39 Å². The highest BCUT2D eigenvalue weighted by molar-refractivity contribution is 5.85. The van der Waals surface area contributed by atoms with E-state index in [2.05, 4.69) is 10.3 Å². The summed E-state index contributed by atoms with van der Waals surface area (Å²) in [6.45, 7) is 2.52. The number of hydrogen-bond acceptors (Lipinski definition) is 1. The van der Waals surface area contributed by atoms with Gasteiger partial charge in [-0.25, -0.2) is 4.39 Å². The van der Waals surface area contributed by atoms with Crippen LogP contribution in [-0.4, -0.2) is 17.4 Å². The lowest BCUT2D eigenvalue weighted by Crippen LogP contribution is -2.31. The van der Waals surface area contributed by atoms with Crippen molar-refractivity contribution in [2.24, 2.45) is 0 Å². The molecule has 1 fully saturated rings. The Labute approximate surface area is 111 Å². The first-order chi connectivity index (χ1) is 9.14. The van der Waals surface area contributed by atoms with Crippen LogP contribution in [0.25, 0.3) is 10.9 Å². The van der Waals surface area contributed by atoms with Crippen LogP contribution in [0.5, 0.6) is 0 Å². The minimum absolute atomic E-state index is 0.0426. The summed E-state index contributed by atoms with van der Waals surface area (Å²) in [6.07, 6.45) is 4.60. The van der Waals surface area contributed by atoms with E-state index in [1.165, 1.54) is 17.7 Å². The number of benzene rings is 1. The molecule has 0 spiro atoms. The molecule has 3 nitrogen and oxygen atoms in total. The van der Waals surface area contributed by atoms with Gasteiger partial charge in [0.05, 0.1) is 0 Å². The third kappa shape index (κ3) is 2.11. The largest absolute Gasteiger partial charge is 0.361 e. The van der Waals surface area contributed by atoms with E-state index in [9.17, 15) is 9.18 Å². The van der Waals surface area contributed by atoms with E-state index >= 15 is 0 Å². The molecule has 0 atom stereocenters. The van der Waals surface area contributed by atoms with Gasteiger partial charge in [0.1, 0.15) is 5.82 Å². The van der Waals surface area contributed by atoms with Gasteiger partial charge in [-0.2, -0.15) is 0 Å². The lowest BCUT2D eigenvalue weighted by Gasteiger charge is -2.15. The average Bonchev–Trinajstić information content (AvgIpc) is 3.09. The first-order valence-electron chi connectivity index (χ1n) is 6.68. The standard InChI is InChI=1S/C15H17FN2O/c1-2-14(19)18-9-15(5-6-15)12-8-17-13-7-10(16)3-4-11(12)13/h3-4,7-8,17H,2,5-6,9H2,1H3,(H,18,19). The molecule has 19 heavy (non-hydrogen) atoms. The highest BCUT2D eigenvalue weighted by atomic mass is 19.1. The average molecular weight is 260 g/mol. The number of carbonyl (C=O) groups excluding carboxylic acids is 1. The summed E-state index contributed by atoms with van der Waals surface area (Å²) < 4.78 is 13.2. The monoisotopic (exact) mass is 260 g/mol. The summed E-state index contributed by atoms with van der Waals surface area (Å²) in [5.74, 6) is -0.151. The fourth-order valence-electron chi connectivity index (χ4n) is 2.62. The summed E-state index contributed by atoms with van der Waals surface area (Å²) in [6, 6.07) is 4.82. The van der Waals surface area contributed by atoms with Crippen LogP contribution in [0.3, 0.4) is 0 Å². The lowest BCUT2D eigenvalue weighted by atomic mass is 9.95. The van der Waals surface area contributed by atoms with E-state index in [0.29, 0.717) is 13.0 Å². The van der Waals surface area contributed by atoms with Gasteiger partial charge in [-0.15, -0.1) is 0 Å². The zero-order valence-electron chi connectivity index (χ0n) is 10.9. The van der Waals surface area contributed by atoms with E-state index < -0.39 is 0 Å². The molecule has 4 heteroatoms. The van der Waals surface area contributed by atoms with Gasteiger partial charge in [-0.05, 0) is 36.6 Å². The molecule has 0 unspecified atom stereocenters. The summed E-state index contributed by atoms with van der Waals surface area (Å²) in [4.78, 5) is 14.5. The Hall–Kier alpha value is -1.84. The maximum Gasteiger partial charge on any atom is 0.219 e. The van der Waals surface area contributed by atoms with Crippen LogP contribution < -0.4 is 5.32 Å². The zero-order chi connectivity index (χ0) is 13.5. The van der Waals surface area contributed by atoms with E-state index in [1.807, 2.05) is 19.2 Å². The van der Waals surface area contributed by atoms with Crippen molar-refractivity contribution in [3.8, 4) is 0 Å². The molecular weight excluding hydrogens is 243 g/mol. The molecule has 1 heterocycles. The van der Waals surface area contributed by atoms with Crippen LogP contribution in [0.2, 0.25) is 0 Å². The minimum atomic E-state index is -0.231. The molecule has 1 aromatic carbocycles. The first-order valence-corrected chi connectivity index (χ1v) is 6.68. The quantitative estimate of drug-likeness (QED) is 0.872. The first kappa shape index (κ1) is 12.2. The molecule has 2 N–H and O–H groups in total. The molecule has 1 aliphatic rings. The molecule has 0 bridgehead atoms. The van der Waals surface area contributed by atoms with Crippen LogP contribution in [-0.2, 0) is 10.2 Å². The van der Waals surface area contributed by atoms with Crippen molar-refractivity contribution < 1.29 is 9.18 Å². The van der Waals surface area contributed by atoms with Gasteiger partial charge in [-0.1, -0.05) is 6.92 Å². The van der Waals surface area contributed by atoms with Gasteiger partial charge in [0, 0.05) is 35.5 Å². The van der Waals surface area contributed by atoms with E-state index in [1.54, 1.807) is 0 Å². The minimum Gasteiger partial charge on any atom is -0.361 e. The predicted molar refractivity (Wildman–Crippen MR) is 72.5 cm³/mol. The van der Waals surface area contributed by atoms with Crippen LogP contribution >= 0.6 is 0 Å². The number of H-pyrrole nitrogens is 1. The normalized spacial score (nSPS) is 16.5. The Morgan fingerprint density at radius 1 is 1.47 bits per heavy atom. The summed E-state index contributed by atoms with van der Waals surface area (Å²) in [7, 11) is 0. The number of amides is 1. The molecule has 1 amide bonds. The van der Waals surface area contributed by atoms with E-state index in [0.717, 1.165) is 23.7 Å². The van der Waals surface area contributed by atoms with Crippen molar-refractivity contribution in [1.29, 1.82) is 0 Å². The second kappa shape index (κ2) is 4.37. The van der Waals surface area contributed by atoms with Gasteiger partial charge in [0.25, 0.3) is 0 Å². The molecule has 1 saturated carbocycles. The van der Waals surface area contributed by atoms with E-state index in [4.69, 9.17) is 0 Å². The van der Waals surface area contributed by atoms with Gasteiger partial charge in [-0.3, -0.25) is 4.79 Å². The van der Waals surface area contributed by atoms with Gasteiger partial charge >= 0.3 is 0 Å². The number of nitrogens with one attached hydrogen (secondary N) is 2. The molecule has 0 radical (unpaired) electrons. The Bertz CT molecular complexity index is 628. The summed E-state index contributed by atoms with van der Waals surface area (Å²) >= 11 is 0. The van der Waals surface area contributed by atoms with Crippen molar-refractivity contribution in [3.63, 3.8) is 0 Å². The number of fused-ring (bicyclic) bond motifs is 1. The second-order valence-electron chi connectivity index (χ2n) is 5.30. The number of halogens is 1. The van der Waals surface area contributed by atoms with Gasteiger partial charge in [0.15, 0.2) is 0 Å². The molecule has 100 valence electrons. The SMILES string of the molecule is CCC(=O)NCC1(c2c[nH]c3cc(F)ccc23)CC1. The maximum absolute atomic E-state index is 13.2. The number of carbonyl (C=O) groups is 1. The molecule has 1 aliphatic carbocycles. The number of aromatic nitrogens is 1. The maximum atomic E-state index is 13.2. The molecule has 0 aliphatic heterocycles. The van der Waals surface area contributed by atoms with Crippen molar-refractivity contribution in [2.75, 3.05) is 6.54 Å². The Morgan fingerprint density at radius 3 is 2.95 bits per heavy atom. The van der Waals surface area contributed by atoms with Crippen molar-refractivity contribution in [2.45, 2.75) is 31.6 Å².